The number of rotatable bonds is 5. The molecule has 5 nitrogen and oxygen atoms in total. The highest BCUT2D eigenvalue weighted by atomic mass is 35.5. The van der Waals surface area contributed by atoms with E-state index in [1.807, 2.05) is 19.1 Å². The second-order valence-corrected chi connectivity index (χ2v) is 6.04. The van der Waals surface area contributed by atoms with Gasteiger partial charge in [0.25, 0.3) is 11.8 Å². The number of fused-ring (bicyclic) bond motifs is 1. The van der Waals surface area contributed by atoms with Gasteiger partial charge >= 0.3 is 0 Å². The fourth-order valence-corrected chi connectivity index (χ4v) is 2.68. The van der Waals surface area contributed by atoms with E-state index in [9.17, 15) is 14.7 Å². The van der Waals surface area contributed by atoms with Gasteiger partial charge in [0.1, 0.15) is 0 Å². The summed E-state index contributed by atoms with van der Waals surface area (Å²) >= 11 is 5.56. The van der Waals surface area contributed by atoms with Gasteiger partial charge in [0, 0.05) is 12.2 Å². The summed E-state index contributed by atoms with van der Waals surface area (Å²) in [6.45, 7) is 2.21. The summed E-state index contributed by atoms with van der Waals surface area (Å²) in [5.41, 5.74) is 3.00. The van der Waals surface area contributed by atoms with Crippen molar-refractivity contribution in [3.05, 3.63) is 59.2 Å². The van der Waals surface area contributed by atoms with Crippen molar-refractivity contribution in [2.45, 2.75) is 13.0 Å². The van der Waals surface area contributed by atoms with Crippen molar-refractivity contribution in [2.75, 3.05) is 22.6 Å². The molecule has 1 aliphatic rings. The van der Waals surface area contributed by atoms with Crippen molar-refractivity contribution in [2.24, 2.45) is 0 Å². The molecule has 0 saturated carbocycles. The van der Waals surface area contributed by atoms with Crippen LogP contribution in [0.2, 0.25) is 0 Å². The number of benzene rings is 2. The minimum Gasteiger partial charge on any atom is -0.390 e. The SMILES string of the molecule is Cc1ccc(N2C(=O)c3ccc(NCC(O)CCl)cc3C2=O)cc1. The molecule has 1 heterocycles. The molecule has 0 aliphatic carbocycles. The van der Waals surface area contributed by atoms with Crippen molar-refractivity contribution in [3.8, 4) is 0 Å². The molecule has 0 radical (unpaired) electrons. The first-order chi connectivity index (χ1) is 11.5. The molecule has 124 valence electrons. The molecule has 1 aliphatic heterocycles. The molecular formula is C18H17ClN2O3. The van der Waals surface area contributed by atoms with Crippen LogP contribution < -0.4 is 10.2 Å². The first-order valence-electron chi connectivity index (χ1n) is 7.58. The predicted molar refractivity (Wildman–Crippen MR) is 94.0 cm³/mol. The highest BCUT2D eigenvalue weighted by Gasteiger charge is 2.36. The number of carbonyl (C=O) groups excluding carboxylic acids is 2. The molecule has 2 N–H and O–H groups in total. The lowest BCUT2D eigenvalue weighted by Crippen LogP contribution is -2.29. The van der Waals surface area contributed by atoms with Crippen LogP contribution in [0, 0.1) is 6.92 Å². The Labute approximate surface area is 144 Å². The number of aliphatic hydroxyl groups excluding tert-OH is 1. The van der Waals surface area contributed by atoms with Crippen LogP contribution in [0.15, 0.2) is 42.5 Å². The van der Waals surface area contributed by atoms with Crippen LogP contribution in [0.4, 0.5) is 11.4 Å². The van der Waals surface area contributed by atoms with Gasteiger partial charge in [-0.25, -0.2) is 4.90 Å². The van der Waals surface area contributed by atoms with Crippen molar-refractivity contribution >= 4 is 34.8 Å². The van der Waals surface area contributed by atoms with Crippen molar-refractivity contribution in [1.82, 2.24) is 0 Å². The second-order valence-electron chi connectivity index (χ2n) is 5.73. The largest absolute Gasteiger partial charge is 0.390 e. The van der Waals surface area contributed by atoms with Crippen LogP contribution in [0.25, 0.3) is 0 Å². The summed E-state index contributed by atoms with van der Waals surface area (Å²) in [5.74, 6) is -0.553. The van der Waals surface area contributed by atoms with E-state index >= 15 is 0 Å². The minimum atomic E-state index is -0.679. The number of aliphatic hydroxyl groups is 1. The van der Waals surface area contributed by atoms with Crippen LogP contribution in [0.5, 0.6) is 0 Å². The van der Waals surface area contributed by atoms with Crippen molar-refractivity contribution < 1.29 is 14.7 Å². The van der Waals surface area contributed by atoms with Gasteiger partial charge in [-0.05, 0) is 37.3 Å². The highest BCUT2D eigenvalue weighted by molar-refractivity contribution is 6.34. The molecule has 2 aromatic rings. The summed E-state index contributed by atoms with van der Waals surface area (Å²) in [5, 5.41) is 12.5. The van der Waals surface area contributed by atoms with Gasteiger partial charge in [-0.15, -0.1) is 11.6 Å². The van der Waals surface area contributed by atoms with E-state index < -0.39 is 6.10 Å². The Kier molecular flexibility index (Phi) is 4.55. The minimum absolute atomic E-state index is 0.122. The molecule has 2 amide bonds. The van der Waals surface area contributed by atoms with Crippen LogP contribution in [-0.4, -0.2) is 35.4 Å². The molecule has 0 fully saturated rings. The van der Waals surface area contributed by atoms with Gasteiger partial charge < -0.3 is 10.4 Å². The van der Waals surface area contributed by atoms with Crippen molar-refractivity contribution in [3.63, 3.8) is 0 Å². The average Bonchev–Trinajstić information content (AvgIpc) is 2.84. The number of amides is 2. The Hall–Kier alpha value is -2.37. The fraction of sp³-hybridized carbons (Fsp3) is 0.222. The number of hydrogen-bond donors (Lipinski definition) is 2. The quantitative estimate of drug-likeness (QED) is 0.646. The number of aryl methyl sites for hydroxylation is 1. The maximum absolute atomic E-state index is 12.6. The molecule has 0 bridgehead atoms. The van der Waals surface area contributed by atoms with Gasteiger partial charge in [-0.2, -0.15) is 0 Å². The van der Waals surface area contributed by atoms with Crippen LogP contribution in [0.3, 0.4) is 0 Å². The van der Waals surface area contributed by atoms with Gasteiger partial charge in [0.05, 0.1) is 28.8 Å². The Morgan fingerprint density at radius 1 is 1.08 bits per heavy atom. The summed E-state index contributed by atoms with van der Waals surface area (Å²) in [4.78, 5) is 26.4. The average molecular weight is 345 g/mol. The number of nitrogens with one attached hydrogen (secondary N) is 1. The molecular weight excluding hydrogens is 328 g/mol. The van der Waals surface area contributed by atoms with Crippen LogP contribution in [-0.2, 0) is 0 Å². The number of anilines is 2. The lowest BCUT2D eigenvalue weighted by molar-refractivity contribution is 0.0926. The molecule has 0 aromatic heterocycles. The normalized spacial score (nSPS) is 14.7. The van der Waals surface area contributed by atoms with E-state index in [0.29, 0.717) is 22.5 Å². The molecule has 3 rings (SSSR count). The molecule has 2 aromatic carbocycles. The first-order valence-corrected chi connectivity index (χ1v) is 8.12. The Bertz CT molecular complexity index is 789. The predicted octanol–water partition coefficient (Wildman–Crippen LogP) is 2.81. The summed E-state index contributed by atoms with van der Waals surface area (Å²) in [7, 11) is 0. The molecule has 24 heavy (non-hydrogen) atoms. The van der Waals surface area contributed by atoms with Crippen LogP contribution >= 0.6 is 11.6 Å². The molecule has 1 unspecified atom stereocenters. The first kappa shape index (κ1) is 16.5. The number of imide groups is 1. The Morgan fingerprint density at radius 3 is 2.42 bits per heavy atom. The van der Waals surface area contributed by atoms with Gasteiger partial charge in [0.15, 0.2) is 0 Å². The topological polar surface area (TPSA) is 69.6 Å². The zero-order valence-corrected chi connectivity index (χ0v) is 13.9. The Morgan fingerprint density at radius 2 is 1.75 bits per heavy atom. The zero-order valence-electron chi connectivity index (χ0n) is 13.1. The number of hydrogen-bond acceptors (Lipinski definition) is 4. The third-order valence-electron chi connectivity index (χ3n) is 3.90. The van der Waals surface area contributed by atoms with E-state index in [1.165, 1.54) is 4.90 Å². The van der Waals surface area contributed by atoms with Gasteiger partial charge in [-0.3, -0.25) is 9.59 Å². The second kappa shape index (κ2) is 6.63. The lowest BCUT2D eigenvalue weighted by Gasteiger charge is -2.13. The van der Waals surface area contributed by atoms with E-state index in [0.717, 1.165) is 5.56 Å². The monoisotopic (exact) mass is 344 g/mol. The number of nitrogens with zero attached hydrogens (tertiary/aromatic N) is 1. The number of alkyl halides is 1. The molecule has 0 saturated heterocycles. The summed E-state index contributed by atoms with van der Waals surface area (Å²) in [6, 6.07) is 12.2. The molecule has 6 heteroatoms. The van der Waals surface area contributed by atoms with Gasteiger partial charge in [-0.1, -0.05) is 17.7 Å². The highest BCUT2D eigenvalue weighted by Crippen LogP contribution is 2.30. The van der Waals surface area contributed by atoms with E-state index in [4.69, 9.17) is 11.6 Å². The maximum atomic E-state index is 12.6. The maximum Gasteiger partial charge on any atom is 0.266 e. The third kappa shape index (κ3) is 3.00. The van der Waals surface area contributed by atoms with E-state index in [-0.39, 0.29) is 24.2 Å². The summed E-state index contributed by atoms with van der Waals surface area (Å²) < 4.78 is 0. The van der Waals surface area contributed by atoms with Crippen molar-refractivity contribution in [1.29, 1.82) is 0 Å². The van der Waals surface area contributed by atoms with Crippen LogP contribution in [0.1, 0.15) is 26.3 Å². The lowest BCUT2D eigenvalue weighted by atomic mass is 10.1. The third-order valence-corrected chi connectivity index (χ3v) is 4.25. The Balaban J connectivity index is 1.87. The zero-order chi connectivity index (χ0) is 17.3. The van der Waals surface area contributed by atoms with Gasteiger partial charge in [0.2, 0.25) is 0 Å². The standard InChI is InChI=1S/C18H17ClN2O3/c1-11-2-5-13(6-3-11)21-17(23)15-7-4-12(8-16(15)18(21)24)20-10-14(22)9-19/h2-8,14,20,22H,9-10H2,1H3. The fourth-order valence-electron chi connectivity index (χ4n) is 2.57. The number of halogens is 1. The smallest absolute Gasteiger partial charge is 0.266 e. The molecule has 0 spiro atoms. The number of carbonyl (C=O) groups is 2. The summed E-state index contributed by atoms with van der Waals surface area (Å²) in [6.07, 6.45) is -0.679. The van der Waals surface area contributed by atoms with E-state index in [2.05, 4.69) is 5.32 Å². The molecule has 1 atom stereocenters. The van der Waals surface area contributed by atoms with E-state index in [1.54, 1.807) is 30.3 Å².